The van der Waals surface area contributed by atoms with E-state index in [-0.39, 0.29) is 23.9 Å². The van der Waals surface area contributed by atoms with E-state index in [1.165, 1.54) is 0 Å². The van der Waals surface area contributed by atoms with Gasteiger partial charge in [0, 0.05) is 6.54 Å². The molecule has 1 amide bonds. The number of carbonyl (C=O) groups is 1. The number of nitrogens with one attached hydrogen (secondary N) is 2. The molecule has 1 unspecified atom stereocenters. The summed E-state index contributed by atoms with van der Waals surface area (Å²) < 4.78 is 0. The fourth-order valence-corrected chi connectivity index (χ4v) is 1.62. The summed E-state index contributed by atoms with van der Waals surface area (Å²) in [5, 5.41) is 22.1. The van der Waals surface area contributed by atoms with Gasteiger partial charge in [-0.3, -0.25) is 20.0 Å². The van der Waals surface area contributed by atoms with Gasteiger partial charge in [0.05, 0.1) is 18.0 Å². The summed E-state index contributed by atoms with van der Waals surface area (Å²) in [4.78, 5) is 15.9. The van der Waals surface area contributed by atoms with Gasteiger partial charge in [0.2, 0.25) is 5.91 Å². The summed E-state index contributed by atoms with van der Waals surface area (Å²) in [7, 11) is 0. The predicted molar refractivity (Wildman–Crippen MR) is 54.6 cm³/mol. The van der Waals surface area contributed by atoms with E-state index in [9.17, 15) is 4.79 Å². The topological polar surface area (TPSA) is 94.1 Å². The molecule has 1 aliphatic rings. The second-order valence-electron chi connectivity index (χ2n) is 3.73. The predicted octanol–water partition coefficient (Wildman–Crippen LogP) is -0.353. The minimum Gasteiger partial charge on any atom is -0.355 e. The van der Waals surface area contributed by atoms with Crippen molar-refractivity contribution in [2.75, 3.05) is 19.7 Å². The monoisotopic (exact) mass is 233 g/mol. The van der Waals surface area contributed by atoms with Crippen molar-refractivity contribution >= 4 is 5.91 Å². The highest BCUT2D eigenvalue weighted by molar-refractivity contribution is 5.81. The van der Waals surface area contributed by atoms with Crippen LogP contribution in [0.2, 0.25) is 0 Å². The van der Waals surface area contributed by atoms with Gasteiger partial charge in [-0.1, -0.05) is 0 Å². The van der Waals surface area contributed by atoms with Crippen molar-refractivity contribution in [3.8, 4) is 0 Å². The molecule has 7 nitrogen and oxygen atoms in total. The van der Waals surface area contributed by atoms with Crippen molar-refractivity contribution < 1.29 is 20.0 Å². The molecule has 7 heteroatoms. The van der Waals surface area contributed by atoms with Crippen LogP contribution < -0.4 is 10.6 Å². The molecule has 1 atom stereocenters. The second-order valence-corrected chi connectivity index (χ2v) is 3.73. The Morgan fingerprint density at radius 3 is 2.94 bits per heavy atom. The molecule has 1 heterocycles. The average Bonchev–Trinajstić information content (AvgIpc) is 2.75. The third kappa shape index (κ3) is 5.38. The maximum atomic E-state index is 11.5. The first-order valence-corrected chi connectivity index (χ1v) is 5.52. The van der Waals surface area contributed by atoms with Crippen LogP contribution in [0.5, 0.6) is 0 Å². The van der Waals surface area contributed by atoms with E-state index in [2.05, 4.69) is 15.5 Å². The van der Waals surface area contributed by atoms with Crippen LogP contribution in [-0.4, -0.2) is 47.4 Å². The van der Waals surface area contributed by atoms with Gasteiger partial charge < -0.3 is 10.6 Å². The van der Waals surface area contributed by atoms with E-state index < -0.39 is 0 Å². The molecule has 1 aliphatic heterocycles. The van der Waals surface area contributed by atoms with Crippen molar-refractivity contribution in [2.24, 2.45) is 0 Å². The number of carbonyl (C=O) groups excluding carboxylic acids is 1. The lowest BCUT2D eigenvalue weighted by Crippen LogP contribution is -2.40. The highest BCUT2D eigenvalue weighted by Gasteiger charge is 2.20. The molecule has 1 rings (SSSR count). The average molecular weight is 233 g/mol. The van der Waals surface area contributed by atoms with Gasteiger partial charge in [-0.2, -0.15) is 0 Å². The highest BCUT2D eigenvalue weighted by atomic mass is 17.1. The van der Waals surface area contributed by atoms with Crippen LogP contribution in [0.15, 0.2) is 0 Å². The van der Waals surface area contributed by atoms with Crippen LogP contribution in [0.3, 0.4) is 0 Å². The number of hydrogen-bond donors (Lipinski definition) is 4. The Balaban J connectivity index is 1.92. The number of hydrogen-bond acceptors (Lipinski definition) is 6. The summed E-state index contributed by atoms with van der Waals surface area (Å²) in [5.41, 5.74) is 0. The summed E-state index contributed by atoms with van der Waals surface area (Å²) >= 11 is 0. The Kier molecular flexibility index (Phi) is 6.27. The lowest BCUT2D eigenvalue weighted by Gasteiger charge is -2.11. The summed E-state index contributed by atoms with van der Waals surface area (Å²) in [6, 6.07) is -0.0402. The Morgan fingerprint density at radius 2 is 2.31 bits per heavy atom. The van der Waals surface area contributed by atoms with Crippen LogP contribution in [0.25, 0.3) is 0 Å². The van der Waals surface area contributed by atoms with Crippen LogP contribution in [0.4, 0.5) is 0 Å². The van der Waals surface area contributed by atoms with Gasteiger partial charge in [-0.05, 0) is 32.2 Å². The van der Waals surface area contributed by atoms with Crippen molar-refractivity contribution in [2.45, 2.75) is 31.7 Å². The number of nitrogens with zero attached hydrogens (tertiary/aromatic N) is 1. The van der Waals surface area contributed by atoms with Gasteiger partial charge in [0.15, 0.2) is 0 Å². The number of rotatable bonds is 7. The first-order valence-electron chi connectivity index (χ1n) is 5.52. The molecule has 0 aromatic rings. The Morgan fingerprint density at radius 1 is 1.50 bits per heavy atom. The zero-order chi connectivity index (χ0) is 11.8. The van der Waals surface area contributed by atoms with E-state index in [1.54, 1.807) is 0 Å². The summed E-state index contributed by atoms with van der Waals surface area (Å²) in [5.74, 6) is 0.0457. The normalized spacial score (nSPS) is 20.3. The van der Waals surface area contributed by atoms with E-state index in [0.717, 1.165) is 25.8 Å². The summed E-state index contributed by atoms with van der Waals surface area (Å²) in [6.07, 6.45) is 3.34. The van der Waals surface area contributed by atoms with Gasteiger partial charge in [0.25, 0.3) is 0 Å². The quantitative estimate of drug-likeness (QED) is 0.354. The SMILES string of the molecule is O=C(NCCCCON(O)O)C1CCCN1. The van der Waals surface area contributed by atoms with Gasteiger partial charge >= 0.3 is 0 Å². The third-order valence-electron chi connectivity index (χ3n) is 2.45. The molecule has 0 saturated carbocycles. The maximum absolute atomic E-state index is 11.5. The number of unbranched alkanes of at least 4 members (excludes halogenated alkanes) is 1. The molecule has 94 valence electrons. The van der Waals surface area contributed by atoms with Crippen molar-refractivity contribution in [1.29, 1.82) is 0 Å². The molecule has 1 saturated heterocycles. The molecule has 0 aromatic heterocycles. The fraction of sp³-hybridized carbons (Fsp3) is 0.889. The molecular formula is C9H19N3O4. The molecule has 4 N–H and O–H groups in total. The Hall–Kier alpha value is -0.730. The molecule has 0 aliphatic carbocycles. The fourth-order valence-electron chi connectivity index (χ4n) is 1.62. The largest absolute Gasteiger partial charge is 0.355 e. The minimum absolute atomic E-state index is 0.0402. The van der Waals surface area contributed by atoms with E-state index >= 15 is 0 Å². The van der Waals surface area contributed by atoms with Crippen LogP contribution in [0.1, 0.15) is 25.7 Å². The van der Waals surface area contributed by atoms with Crippen LogP contribution in [0, 0.1) is 0 Å². The first-order chi connectivity index (χ1) is 7.70. The van der Waals surface area contributed by atoms with Crippen molar-refractivity contribution in [3.63, 3.8) is 0 Å². The smallest absolute Gasteiger partial charge is 0.237 e. The molecular weight excluding hydrogens is 214 g/mol. The zero-order valence-corrected chi connectivity index (χ0v) is 9.19. The Labute approximate surface area is 94.2 Å². The molecule has 0 radical (unpaired) electrons. The van der Waals surface area contributed by atoms with Gasteiger partial charge in [0.1, 0.15) is 0 Å². The van der Waals surface area contributed by atoms with Crippen LogP contribution in [-0.2, 0) is 9.63 Å². The molecule has 0 spiro atoms. The van der Waals surface area contributed by atoms with Crippen molar-refractivity contribution in [1.82, 2.24) is 16.0 Å². The number of amides is 1. The lowest BCUT2D eigenvalue weighted by molar-refractivity contribution is -0.492. The molecule has 1 fully saturated rings. The third-order valence-corrected chi connectivity index (χ3v) is 2.45. The maximum Gasteiger partial charge on any atom is 0.237 e. The lowest BCUT2D eigenvalue weighted by atomic mass is 10.2. The van der Waals surface area contributed by atoms with E-state index in [4.69, 9.17) is 10.4 Å². The molecule has 0 bridgehead atoms. The standard InChI is InChI=1S/C9H19N3O4/c13-9(8-4-3-6-10-8)11-5-1-2-7-16-12(14)15/h8,10,14-15H,1-7H2,(H,11,13). The van der Waals surface area contributed by atoms with Crippen LogP contribution >= 0.6 is 0 Å². The van der Waals surface area contributed by atoms with E-state index in [1.807, 2.05) is 0 Å². The van der Waals surface area contributed by atoms with Gasteiger partial charge in [-0.15, -0.1) is 0 Å². The molecule has 0 aromatic carbocycles. The Bertz CT molecular complexity index is 207. The van der Waals surface area contributed by atoms with Crippen molar-refractivity contribution in [3.05, 3.63) is 0 Å². The minimum atomic E-state index is -0.305. The zero-order valence-electron chi connectivity index (χ0n) is 9.19. The first kappa shape index (κ1) is 13.3. The summed E-state index contributed by atoms with van der Waals surface area (Å²) in [6.45, 7) is 1.70. The second kappa shape index (κ2) is 7.53. The molecule has 16 heavy (non-hydrogen) atoms. The highest BCUT2D eigenvalue weighted by Crippen LogP contribution is 2.04. The van der Waals surface area contributed by atoms with Gasteiger partial charge in [-0.25, -0.2) is 0 Å². The van der Waals surface area contributed by atoms with E-state index in [0.29, 0.717) is 13.0 Å².